The third-order valence-electron chi connectivity index (χ3n) is 2.55. The van der Waals surface area contributed by atoms with Crippen molar-refractivity contribution in [1.82, 2.24) is 0 Å². The average molecular weight is 220 g/mol. The number of benzene rings is 1. The number of rotatable bonds is 5. The number of methoxy groups -OCH3 is 1. The lowest BCUT2D eigenvalue weighted by Gasteiger charge is -2.07. The monoisotopic (exact) mass is 220 g/mol. The van der Waals surface area contributed by atoms with E-state index in [0.29, 0.717) is 5.56 Å². The van der Waals surface area contributed by atoms with Gasteiger partial charge in [0.15, 0.2) is 0 Å². The summed E-state index contributed by atoms with van der Waals surface area (Å²) in [6, 6.07) is 6.07. The van der Waals surface area contributed by atoms with E-state index in [2.05, 4.69) is 19.9 Å². The molecule has 0 spiro atoms. The molecule has 0 aliphatic carbocycles. The molecule has 0 heterocycles. The third-order valence-corrected chi connectivity index (χ3v) is 2.55. The molecule has 0 fully saturated rings. The Kier molecular flexibility index (Phi) is 5.03. The summed E-state index contributed by atoms with van der Waals surface area (Å²) in [5.74, 6) is -0.240. The topological polar surface area (TPSA) is 26.3 Å². The van der Waals surface area contributed by atoms with Crippen LogP contribution in [-0.4, -0.2) is 13.1 Å². The zero-order valence-electron chi connectivity index (χ0n) is 10.4. The molecule has 1 rings (SSSR count). The average Bonchev–Trinajstić information content (AvgIpc) is 2.28. The normalized spacial score (nSPS) is 10.2. The Morgan fingerprint density at radius 1 is 1.06 bits per heavy atom. The number of hydrogen-bond acceptors (Lipinski definition) is 2. The minimum absolute atomic E-state index is 0.240. The predicted octanol–water partition coefficient (Wildman–Crippen LogP) is 3.38. The van der Waals surface area contributed by atoms with E-state index < -0.39 is 0 Å². The van der Waals surface area contributed by atoms with Gasteiger partial charge in [-0.3, -0.25) is 0 Å². The molecule has 0 saturated carbocycles. The van der Waals surface area contributed by atoms with Gasteiger partial charge in [-0.1, -0.05) is 32.8 Å². The summed E-state index contributed by atoms with van der Waals surface area (Å²) in [4.78, 5) is 11.5. The van der Waals surface area contributed by atoms with Crippen molar-refractivity contribution in [1.29, 1.82) is 0 Å². The van der Waals surface area contributed by atoms with E-state index in [9.17, 15) is 4.79 Å². The van der Waals surface area contributed by atoms with E-state index >= 15 is 0 Å². The van der Waals surface area contributed by atoms with E-state index in [-0.39, 0.29) is 5.97 Å². The Labute approximate surface area is 97.6 Å². The summed E-state index contributed by atoms with van der Waals surface area (Å²) < 4.78 is 4.76. The zero-order valence-corrected chi connectivity index (χ0v) is 10.4. The summed E-state index contributed by atoms with van der Waals surface area (Å²) in [6.07, 6.45) is 4.22. The van der Waals surface area contributed by atoms with Crippen LogP contribution in [0.3, 0.4) is 0 Å². The van der Waals surface area contributed by atoms with Gasteiger partial charge in [-0.2, -0.15) is 0 Å². The Morgan fingerprint density at radius 2 is 1.56 bits per heavy atom. The quantitative estimate of drug-likeness (QED) is 0.711. The smallest absolute Gasteiger partial charge is 0.337 e. The molecular weight excluding hydrogens is 200 g/mol. The lowest BCUT2D eigenvalue weighted by molar-refractivity contribution is 0.0600. The molecule has 2 nitrogen and oxygen atoms in total. The number of hydrogen-bond donors (Lipinski definition) is 0. The van der Waals surface area contributed by atoms with E-state index in [1.165, 1.54) is 18.2 Å². The second kappa shape index (κ2) is 6.31. The second-order valence-electron chi connectivity index (χ2n) is 4.03. The van der Waals surface area contributed by atoms with Gasteiger partial charge < -0.3 is 4.74 Å². The maximum atomic E-state index is 11.5. The highest BCUT2D eigenvalue weighted by molar-refractivity contribution is 5.89. The largest absolute Gasteiger partial charge is 0.465 e. The van der Waals surface area contributed by atoms with Crippen molar-refractivity contribution in [3.05, 3.63) is 34.9 Å². The molecule has 0 radical (unpaired) electrons. The van der Waals surface area contributed by atoms with E-state index in [0.717, 1.165) is 25.7 Å². The Morgan fingerprint density at radius 3 is 1.94 bits per heavy atom. The highest BCUT2D eigenvalue weighted by Crippen LogP contribution is 2.14. The van der Waals surface area contributed by atoms with Crippen LogP contribution >= 0.6 is 0 Å². The van der Waals surface area contributed by atoms with Crippen molar-refractivity contribution < 1.29 is 9.53 Å². The maximum Gasteiger partial charge on any atom is 0.337 e. The summed E-state index contributed by atoms with van der Waals surface area (Å²) in [5.41, 5.74) is 3.14. The van der Waals surface area contributed by atoms with Crippen molar-refractivity contribution in [3.8, 4) is 0 Å². The van der Waals surface area contributed by atoms with Crippen LogP contribution in [-0.2, 0) is 17.6 Å². The van der Waals surface area contributed by atoms with Crippen molar-refractivity contribution in [3.63, 3.8) is 0 Å². The molecule has 0 aliphatic rings. The molecule has 0 saturated heterocycles. The van der Waals surface area contributed by atoms with Crippen LogP contribution in [0.25, 0.3) is 0 Å². The van der Waals surface area contributed by atoms with Crippen molar-refractivity contribution in [2.24, 2.45) is 0 Å². The lowest BCUT2D eigenvalue weighted by Crippen LogP contribution is -2.03. The van der Waals surface area contributed by atoms with E-state index in [1.54, 1.807) is 0 Å². The van der Waals surface area contributed by atoms with Crippen LogP contribution in [0.1, 0.15) is 48.2 Å². The van der Waals surface area contributed by atoms with Gasteiger partial charge in [-0.05, 0) is 36.1 Å². The van der Waals surface area contributed by atoms with Gasteiger partial charge >= 0.3 is 5.97 Å². The molecule has 1 aromatic carbocycles. The minimum Gasteiger partial charge on any atom is -0.465 e. The highest BCUT2D eigenvalue weighted by Gasteiger charge is 2.08. The molecule has 2 heteroatoms. The molecule has 0 bridgehead atoms. The SMILES string of the molecule is CCCc1cc(CCC)cc(C(=O)OC)c1. The van der Waals surface area contributed by atoms with Crippen LogP contribution in [0, 0.1) is 0 Å². The number of aryl methyl sites for hydroxylation is 2. The molecule has 0 N–H and O–H groups in total. The fourth-order valence-corrected chi connectivity index (χ4v) is 1.86. The second-order valence-corrected chi connectivity index (χ2v) is 4.03. The van der Waals surface area contributed by atoms with Gasteiger partial charge in [0.1, 0.15) is 0 Å². The predicted molar refractivity (Wildman–Crippen MR) is 65.8 cm³/mol. The van der Waals surface area contributed by atoms with Crippen LogP contribution in [0.4, 0.5) is 0 Å². The minimum atomic E-state index is -0.240. The molecule has 0 amide bonds. The van der Waals surface area contributed by atoms with Crippen molar-refractivity contribution >= 4 is 5.97 Å². The first-order valence-electron chi connectivity index (χ1n) is 5.92. The molecular formula is C14H20O2. The zero-order chi connectivity index (χ0) is 12.0. The third kappa shape index (κ3) is 3.37. The van der Waals surface area contributed by atoms with Crippen molar-refractivity contribution in [2.45, 2.75) is 39.5 Å². The summed E-state index contributed by atoms with van der Waals surface area (Å²) in [7, 11) is 1.42. The molecule has 0 aliphatic heterocycles. The van der Waals surface area contributed by atoms with Crippen molar-refractivity contribution in [2.75, 3.05) is 7.11 Å². The molecule has 16 heavy (non-hydrogen) atoms. The highest BCUT2D eigenvalue weighted by atomic mass is 16.5. The Bertz CT molecular complexity index is 332. The Balaban J connectivity index is 3.02. The fourth-order valence-electron chi connectivity index (χ4n) is 1.86. The number of ether oxygens (including phenoxy) is 1. The van der Waals surface area contributed by atoms with E-state index in [1.807, 2.05) is 12.1 Å². The van der Waals surface area contributed by atoms with Crippen LogP contribution < -0.4 is 0 Å². The van der Waals surface area contributed by atoms with Crippen LogP contribution in [0.5, 0.6) is 0 Å². The molecule has 88 valence electrons. The number of carbonyl (C=O) groups excluding carboxylic acids is 1. The Hall–Kier alpha value is -1.31. The van der Waals surface area contributed by atoms with Gasteiger partial charge in [0, 0.05) is 0 Å². The molecule has 0 aromatic heterocycles. The van der Waals surface area contributed by atoms with Crippen LogP contribution in [0.15, 0.2) is 18.2 Å². The lowest BCUT2D eigenvalue weighted by atomic mass is 10.00. The van der Waals surface area contributed by atoms with Gasteiger partial charge in [0.25, 0.3) is 0 Å². The van der Waals surface area contributed by atoms with Gasteiger partial charge in [-0.15, -0.1) is 0 Å². The standard InChI is InChI=1S/C14H20O2/c1-4-6-11-8-12(7-5-2)10-13(9-11)14(15)16-3/h8-10H,4-7H2,1-3H3. The fraction of sp³-hybridized carbons (Fsp3) is 0.500. The number of esters is 1. The first kappa shape index (κ1) is 12.8. The summed E-state index contributed by atoms with van der Waals surface area (Å²) in [5, 5.41) is 0. The van der Waals surface area contributed by atoms with Gasteiger partial charge in [-0.25, -0.2) is 4.79 Å². The van der Waals surface area contributed by atoms with Crippen LogP contribution in [0.2, 0.25) is 0 Å². The van der Waals surface area contributed by atoms with Gasteiger partial charge in [0.05, 0.1) is 12.7 Å². The first-order chi connectivity index (χ1) is 7.71. The summed E-state index contributed by atoms with van der Waals surface area (Å²) in [6.45, 7) is 4.29. The molecule has 0 atom stereocenters. The molecule has 1 aromatic rings. The summed E-state index contributed by atoms with van der Waals surface area (Å²) >= 11 is 0. The molecule has 0 unspecified atom stereocenters. The maximum absolute atomic E-state index is 11.5. The number of carbonyl (C=O) groups is 1. The van der Waals surface area contributed by atoms with E-state index in [4.69, 9.17) is 4.74 Å². The van der Waals surface area contributed by atoms with Gasteiger partial charge in [0.2, 0.25) is 0 Å². The first-order valence-corrected chi connectivity index (χ1v) is 5.92.